The molecule has 1 unspecified atom stereocenters. The molecule has 2 heterocycles. The van der Waals surface area contributed by atoms with E-state index >= 15 is 0 Å². The van der Waals surface area contributed by atoms with Gasteiger partial charge in [0.15, 0.2) is 0 Å². The molecule has 1 saturated heterocycles. The van der Waals surface area contributed by atoms with Crippen LogP contribution in [0.3, 0.4) is 0 Å². The first-order valence-electron chi connectivity index (χ1n) is 6.40. The maximum absolute atomic E-state index is 12.1. The van der Waals surface area contributed by atoms with Crippen LogP contribution in [0.4, 0.5) is 0 Å². The number of hydrogen-bond donors (Lipinski definition) is 2. The summed E-state index contributed by atoms with van der Waals surface area (Å²) in [6.45, 7) is 1.93. The molecule has 20 heavy (non-hydrogen) atoms. The number of carbonyl (C=O) groups is 1. The standard InChI is InChI=1S/C12H19N3O4S/c1-13-20(17,18)10-5-11(15(2)7-10)12(16)14-6-9-3-4-19-8-9/h5,7,9,13H,3-4,6,8H2,1-2H3,(H,14,16). The Morgan fingerprint density at radius 1 is 1.55 bits per heavy atom. The van der Waals surface area contributed by atoms with Gasteiger partial charge in [0.25, 0.3) is 5.91 Å². The number of nitrogens with zero attached hydrogens (tertiary/aromatic N) is 1. The average molecular weight is 301 g/mol. The van der Waals surface area contributed by atoms with Crippen LogP contribution in [0.2, 0.25) is 0 Å². The lowest BCUT2D eigenvalue weighted by molar-refractivity contribution is 0.0937. The molecular weight excluding hydrogens is 282 g/mol. The maximum Gasteiger partial charge on any atom is 0.267 e. The van der Waals surface area contributed by atoms with Crippen molar-refractivity contribution in [2.45, 2.75) is 11.3 Å². The Kier molecular flexibility index (Phi) is 4.46. The van der Waals surface area contributed by atoms with Gasteiger partial charge in [-0.25, -0.2) is 13.1 Å². The molecule has 0 radical (unpaired) electrons. The Hall–Kier alpha value is -1.38. The summed E-state index contributed by atoms with van der Waals surface area (Å²) < 4.78 is 32.3. The number of aryl methyl sites for hydroxylation is 1. The summed E-state index contributed by atoms with van der Waals surface area (Å²) in [4.78, 5) is 12.1. The second kappa shape index (κ2) is 5.94. The third-order valence-corrected chi connectivity index (χ3v) is 4.75. The minimum Gasteiger partial charge on any atom is -0.381 e. The number of sulfonamides is 1. The molecule has 1 amide bonds. The molecule has 0 saturated carbocycles. The van der Waals surface area contributed by atoms with Crippen LogP contribution < -0.4 is 10.0 Å². The third-order valence-electron chi connectivity index (χ3n) is 3.37. The van der Waals surface area contributed by atoms with E-state index in [0.29, 0.717) is 24.8 Å². The van der Waals surface area contributed by atoms with Gasteiger partial charge in [0.1, 0.15) is 10.6 Å². The van der Waals surface area contributed by atoms with Crippen LogP contribution in [0.15, 0.2) is 17.2 Å². The van der Waals surface area contributed by atoms with Gasteiger partial charge in [0.2, 0.25) is 10.0 Å². The fourth-order valence-corrected chi connectivity index (χ4v) is 2.90. The molecule has 0 aliphatic carbocycles. The highest BCUT2D eigenvalue weighted by atomic mass is 32.2. The van der Waals surface area contributed by atoms with E-state index in [0.717, 1.165) is 13.0 Å². The first kappa shape index (κ1) is 15.0. The number of aromatic nitrogens is 1. The van der Waals surface area contributed by atoms with E-state index < -0.39 is 10.0 Å². The highest BCUT2D eigenvalue weighted by molar-refractivity contribution is 7.89. The highest BCUT2D eigenvalue weighted by Gasteiger charge is 2.21. The Labute approximate surface area is 118 Å². The zero-order valence-electron chi connectivity index (χ0n) is 11.5. The molecule has 0 bridgehead atoms. The maximum atomic E-state index is 12.1. The van der Waals surface area contributed by atoms with Gasteiger partial charge in [0, 0.05) is 32.3 Å². The average Bonchev–Trinajstić information content (AvgIpc) is 3.05. The van der Waals surface area contributed by atoms with Crippen LogP contribution in [0.25, 0.3) is 0 Å². The van der Waals surface area contributed by atoms with Gasteiger partial charge in [-0.2, -0.15) is 0 Å². The fourth-order valence-electron chi connectivity index (χ4n) is 2.10. The first-order chi connectivity index (χ1) is 9.44. The predicted molar refractivity (Wildman–Crippen MR) is 72.9 cm³/mol. The monoisotopic (exact) mass is 301 g/mol. The van der Waals surface area contributed by atoms with Crippen LogP contribution in [0.1, 0.15) is 16.9 Å². The molecule has 2 N–H and O–H groups in total. The Balaban J connectivity index is 2.06. The lowest BCUT2D eigenvalue weighted by Crippen LogP contribution is -2.30. The quantitative estimate of drug-likeness (QED) is 0.781. The van der Waals surface area contributed by atoms with E-state index in [4.69, 9.17) is 4.74 Å². The molecule has 1 aromatic heterocycles. The van der Waals surface area contributed by atoms with Crippen LogP contribution in [0, 0.1) is 5.92 Å². The largest absolute Gasteiger partial charge is 0.381 e. The van der Waals surface area contributed by atoms with Crippen molar-refractivity contribution in [3.05, 3.63) is 18.0 Å². The molecule has 0 spiro atoms. The molecule has 1 fully saturated rings. The summed E-state index contributed by atoms with van der Waals surface area (Å²) in [5.74, 6) is 0.0525. The summed E-state index contributed by atoms with van der Waals surface area (Å²) in [7, 11) is -0.558. The summed E-state index contributed by atoms with van der Waals surface area (Å²) in [5.41, 5.74) is 0.317. The number of ether oxygens (including phenoxy) is 1. The highest BCUT2D eigenvalue weighted by Crippen LogP contribution is 2.14. The third kappa shape index (κ3) is 3.20. The molecule has 2 rings (SSSR count). The van der Waals surface area contributed by atoms with E-state index in [1.54, 1.807) is 7.05 Å². The van der Waals surface area contributed by atoms with E-state index in [9.17, 15) is 13.2 Å². The first-order valence-corrected chi connectivity index (χ1v) is 7.88. The number of nitrogens with one attached hydrogen (secondary N) is 2. The molecule has 8 heteroatoms. The molecule has 112 valence electrons. The summed E-state index contributed by atoms with van der Waals surface area (Å²) >= 11 is 0. The van der Waals surface area contributed by atoms with Crippen molar-refractivity contribution in [1.82, 2.24) is 14.6 Å². The van der Waals surface area contributed by atoms with Gasteiger partial charge >= 0.3 is 0 Å². The van der Waals surface area contributed by atoms with Crippen molar-refractivity contribution in [3.8, 4) is 0 Å². The Morgan fingerprint density at radius 2 is 2.30 bits per heavy atom. The molecule has 1 aromatic rings. The van der Waals surface area contributed by atoms with Gasteiger partial charge < -0.3 is 14.6 Å². The van der Waals surface area contributed by atoms with Crippen molar-refractivity contribution in [2.75, 3.05) is 26.8 Å². The second-order valence-electron chi connectivity index (χ2n) is 4.82. The minimum atomic E-state index is -3.53. The molecule has 7 nitrogen and oxygen atoms in total. The molecular formula is C12H19N3O4S. The van der Waals surface area contributed by atoms with Gasteiger partial charge in [-0.15, -0.1) is 0 Å². The van der Waals surface area contributed by atoms with Crippen molar-refractivity contribution < 1.29 is 17.9 Å². The SMILES string of the molecule is CNS(=O)(=O)c1cc(C(=O)NCC2CCOC2)n(C)c1. The van der Waals surface area contributed by atoms with Gasteiger partial charge in [0.05, 0.1) is 6.61 Å². The lowest BCUT2D eigenvalue weighted by Gasteiger charge is -2.09. The molecule has 1 atom stereocenters. The minimum absolute atomic E-state index is 0.0804. The van der Waals surface area contributed by atoms with Crippen LogP contribution in [-0.4, -0.2) is 45.7 Å². The normalized spacial score (nSPS) is 19.2. The number of carbonyl (C=O) groups excluding carboxylic acids is 1. The Bertz CT molecular complexity index is 588. The fraction of sp³-hybridized carbons (Fsp3) is 0.583. The summed E-state index contributed by atoms with van der Waals surface area (Å²) in [6, 6.07) is 1.37. The summed E-state index contributed by atoms with van der Waals surface area (Å²) in [5, 5.41) is 2.81. The Morgan fingerprint density at radius 3 is 2.90 bits per heavy atom. The van der Waals surface area contributed by atoms with Crippen LogP contribution in [-0.2, 0) is 21.8 Å². The van der Waals surface area contributed by atoms with Gasteiger partial charge in [-0.1, -0.05) is 0 Å². The van der Waals surface area contributed by atoms with Crippen LogP contribution >= 0.6 is 0 Å². The van der Waals surface area contributed by atoms with Crippen molar-refractivity contribution in [1.29, 1.82) is 0 Å². The van der Waals surface area contributed by atoms with E-state index in [-0.39, 0.29) is 10.8 Å². The summed E-state index contributed by atoms with van der Waals surface area (Å²) in [6.07, 6.45) is 2.35. The van der Waals surface area contributed by atoms with E-state index in [1.807, 2.05) is 0 Å². The number of amides is 1. The zero-order valence-corrected chi connectivity index (χ0v) is 12.4. The number of rotatable bonds is 5. The van der Waals surface area contributed by atoms with Crippen molar-refractivity contribution in [3.63, 3.8) is 0 Å². The van der Waals surface area contributed by atoms with Crippen molar-refractivity contribution in [2.24, 2.45) is 13.0 Å². The van der Waals surface area contributed by atoms with Gasteiger partial charge in [-0.05, 0) is 19.5 Å². The number of hydrogen-bond acceptors (Lipinski definition) is 4. The second-order valence-corrected chi connectivity index (χ2v) is 6.71. The zero-order chi connectivity index (χ0) is 14.8. The molecule has 1 aliphatic heterocycles. The predicted octanol–water partition coefficient (Wildman–Crippen LogP) is -0.300. The molecule has 0 aromatic carbocycles. The molecule has 1 aliphatic rings. The lowest BCUT2D eigenvalue weighted by atomic mass is 10.1. The van der Waals surface area contributed by atoms with Gasteiger partial charge in [-0.3, -0.25) is 4.79 Å². The van der Waals surface area contributed by atoms with E-state index in [2.05, 4.69) is 10.0 Å². The van der Waals surface area contributed by atoms with Crippen LogP contribution in [0.5, 0.6) is 0 Å². The van der Waals surface area contributed by atoms with E-state index in [1.165, 1.54) is 23.9 Å². The van der Waals surface area contributed by atoms with Crippen molar-refractivity contribution >= 4 is 15.9 Å². The smallest absolute Gasteiger partial charge is 0.267 e. The topological polar surface area (TPSA) is 89.4 Å².